The lowest BCUT2D eigenvalue weighted by Crippen LogP contribution is -2.44. The van der Waals surface area contributed by atoms with Gasteiger partial charge in [0.15, 0.2) is 0 Å². The first kappa shape index (κ1) is 25.2. The Morgan fingerprint density at radius 3 is 2.95 bits per heavy atom. The molecule has 3 atom stereocenters. The van der Waals surface area contributed by atoms with E-state index in [1.165, 1.54) is 24.0 Å². The fraction of sp³-hybridized carbons (Fsp3) is 0.677. The molecule has 2 aromatic rings. The first-order chi connectivity index (χ1) is 19.4. The molecule has 4 fully saturated rings. The van der Waals surface area contributed by atoms with Gasteiger partial charge in [0.05, 0.1) is 36.7 Å². The summed E-state index contributed by atoms with van der Waals surface area (Å²) in [5.74, 6) is 0.922. The molecule has 8 nitrogen and oxygen atoms in total. The van der Waals surface area contributed by atoms with Crippen LogP contribution in [-0.2, 0) is 34.5 Å². The molecule has 4 aliphatic heterocycles. The van der Waals surface area contributed by atoms with Crippen LogP contribution in [0.4, 0.5) is 15.9 Å². The molecular weight excluding hydrogens is 509 g/mol. The molecule has 8 rings (SSSR count). The van der Waals surface area contributed by atoms with E-state index in [1.54, 1.807) is 0 Å². The number of alkyl halides is 1. The van der Waals surface area contributed by atoms with E-state index in [0.29, 0.717) is 45.2 Å². The largest absolute Gasteiger partial charge is 0.461 e. The molecule has 2 aliphatic carbocycles. The third-order valence-electron chi connectivity index (χ3n) is 10.6. The fourth-order valence-electron chi connectivity index (χ4n) is 8.22. The van der Waals surface area contributed by atoms with Crippen LogP contribution < -0.4 is 15.4 Å². The monoisotopic (exact) mass is 549 g/mol. The zero-order valence-corrected chi connectivity index (χ0v) is 23.3. The maximum absolute atomic E-state index is 14.4. The first-order valence-electron chi connectivity index (χ1n) is 15.2. The maximum Gasteiger partial charge on any atom is 0.318 e. The number of hydrogen-bond acceptors (Lipinski definition) is 8. The average molecular weight is 550 g/mol. The highest BCUT2D eigenvalue weighted by atomic mass is 19.1. The first-order valence-corrected chi connectivity index (χ1v) is 15.2. The van der Waals surface area contributed by atoms with Gasteiger partial charge in [-0.25, -0.2) is 4.39 Å². The van der Waals surface area contributed by atoms with Crippen LogP contribution >= 0.6 is 0 Å². The van der Waals surface area contributed by atoms with Gasteiger partial charge >= 0.3 is 6.01 Å². The van der Waals surface area contributed by atoms with Crippen LogP contribution in [0.3, 0.4) is 0 Å². The number of aromatic nitrogens is 2. The lowest BCUT2D eigenvalue weighted by molar-refractivity contribution is -0.0855. The molecule has 40 heavy (non-hydrogen) atoms. The molecule has 1 aromatic carbocycles. The average Bonchev–Trinajstić information content (AvgIpc) is 3.57. The van der Waals surface area contributed by atoms with Gasteiger partial charge in [-0.1, -0.05) is 6.07 Å². The molecule has 6 aliphatic rings. The Morgan fingerprint density at radius 1 is 1.12 bits per heavy atom. The molecule has 1 aromatic heterocycles. The zero-order valence-electron chi connectivity index (χ0n) is 23.3. The number of benzene rings is 1. The van der Waals surface area contributed by atoms with Gasteiger partial charge < -0.3 is 24.8 Å². The van der Waals surface area contributed by atoms with Gasteiger partial charge in [0.25, 0.3) is 0 Å². The molecule has 214 valence electrons. The molecule has 0 amide bonds. The van der Waals surface area contributed by atoms with Gasteiger partial charge in [-0.15, -0.1) is 0 Å². The molecule has 2 N–H and O–H groups in total. The Hall–Kier alpha value is -2.49. The Kier molecular flexibility index (Phi) is 5.84. The lowest BCUT2D eigenvalue weighted by Gasteiger charge is -2.43. The second-order valence-electron chi connectivity index (χ2n) is 13.3. The van der Waals surface area contributed by atoms with E-state index in [9.17, 15) is 4.39 Å². The summed E-state index contributed by atoms with van der Waals surface area (Å²) in [7, 11) is 0. The summed E-state index contributed by atoms with van der Waals surface area (Å²) in [5, 5.41) is 0. The maximum atomic E-state index is 14.4. The van der Waals surface area contributed by atoms with Crippen molar-refractivity contribution in [2.24, 2.45) is 5.41 Å². The van der Waals surface area contributed by atoms with Crippen LogP contribution in [0.15, 0.2) is 18.2 Å². The smallest absolute Gasteiger partial charge is 0.318 e. The van der Waals surface area contributed by atoms with Gasteiger partial charge in [0.2, 0.25) is 0 Å². The number of nitrogens with zero attached hydrogens (tertiary/aromatic N) is 4. The standard InChI is InChI=1S/C31H40FN5O3/c32-22-14-30(6-2-10-37(30)16-22)20-39-28-34-26-15-31(7-1-3-21-4-5-23(33)13-25(21)31)40-17-24(26)27(35-28)36-11-12-38-19-29(18-36)8-9-29/h4-5,13,22H,1-3,6-12,14-20,33H2. The van der Waals surface area contributed by atoms with Crippen molar-refractivity contribution in [1.82, 2.24) is 14.9 Å². The Morgan fingerprint density at radius 2 is 2.05 bits per heavy atom. The van der Waals surface area contributed by atoms with Crippen molar-refractivity contribution in [1.29, 1.82) is 0 Å². The molecule has 2 spiro atoms. The number of nitrogen functional groups attached to an aromatic ring is 1. The summed E-state index contributed by atoms with van der Waals surface area (Å²) >= 11 is 0. The number of nitrogens with two attached hydrogens (primary N) is 1. The summed E-state index contributed by atoms with van der Waals surface area (Å²) in [6, 6.07) is 6.66. The minimum Gasteiger partial charge on any atom is -0.461 e. The molecule has 9 heteroatoms. The van der Waals surface area contributed by atoms with Gasteiger partial charge in [-0.2, -0.15) is 9.97 Å². The quantitative estimate of drug-likeness (QED) is 0.575. The number of fused-ring (bicyclic) bond motifs is 4. The van der Waals surface area contributed by atoms with Crippen LogP contribution in [0, 0.1) is 5.41 Å². The van der Waals surface area contributed by atoms with E-state index in [-0.39, 0.29) is 11.0 Å². The van der Waals surface area contributed by atoms with Gasteiger partial charge in [0.1, 0.15) is 18.6 Å². The van der Waals surface area contributed by atoms with Crippen molar-refractivity contribution in [3.63, 3.8) is 0 Å². The summed E-state index contributed by atoms with van der Waals surface area (Å²) in [5.41, 5.74) is 11.2. The second-order valence-corrected chi connectivity index (χ2v) is 13.3. The molecule has 3 saturated heterocycles. The summed E-state index contributed by atoms with van der Waals surface area (Å²) in [6.45, 7) is 5.57. The predicted octanol–water partition coefficient (Wildman–Crippen LogP) is 3.94. The van der Waals surface area contributed by atoms with Crippen molar-refractivity contribution in [3.05, 3.63) is 40.6 Å². The number of halogens is 1. The molecule has 0 bridgehead atoms. The van der Waals surface area contributed by atoms with Crippen LogP contribution in [0.1, 0.15) is 67.3 Å². The summed E-state index contributed by atoms with van der Waals surface area (Å²) in [6.07, 6.45) is 7.92. The van der Waals surface area contributed by atoms with E-state index in [2.05, 4.69) is 21.9 Å². The van der Waals surface area contributed by atoms with Crippen molar-refractivity contribution in [2.45, 2.75) is 81.7 Å². The van der Waals surface area contributed by atoms with Crippen LogP contribution in [0.25, 0.3) is 0 Å². The highest BCUT2D eigenvalue weighted by Crippen LogP contribution is 2.50. The molecule has 1 saturated carbocycles. The highest BCUT2D eigenvalue weighted by molar-refractivity contribution is 5.54. The third-order valence-corrected chi connectivity index (χ3v) is 10.6. The molecule has 3 unspecified atom stereocenters. The number of rotatable bonds is 4. The van der Waals surface area contributed by atoms with Crippen molar-refractivity contribution < 1.29 is 18.6 Å². The minimum atomic E-state index is -0.786. The molecule has 0 radical (unpaired) electrons. The van der Waals surface area contributed by atoms with E-state index >= 15 is 0 Å². The molecule has 5 heterocycles. The number of ether oxygens (including phenoxy) is 3. The van der Waals surface area contributed by atoms with Crippen LogP contribution in [0.2, 0.25) is 0 Å². The van der Waals surface area contributed by atoms with E-state index in [4.69, 9.17) is 29.9 Å². The normalized spacial score (nSPS) is 32.5. The van der Waals surface area contributed by atoms with Crippen LogP contribution in [0.5, 0.6) is 6.01 Å². The number of hydrogen-bond donors (Lipinski definition) is 1. The lowest BCUT2D eigenvalue weighted by atomic mass is 9.74. The Balaban J connectivity index is 1.16. The van der Waals surface area contributed by atoms with Crippen molar-refractivity contribution in [3.8, 4) is 6.01 Å². The van der Waals surface area contributed by atoms with Crippen LogP contribution in [-0.4, -0.2) is 72.6 Å². The summed E-state index contributed by atoms with van der Waals surface area (Å²) < 4.78 is 33.7. The van der Waals surface area contributed by atoms with E-state index < -0.39 is 11.8 Å². The van der Waals surface area contributed by atoms with Gasteiger partial charge in [-0.05, 0) is 74.8 Å². The summed E-state index contributed by atoms with van der Waals surface area (Å²) in [4.78, 5) is 14.8. The van der Waals surface area contributed by atoms with E-state index in [1.807, 2.05) is 6.07 Å². The van der Waals surface area contributed by atoms with E-state index in [0.717, 1.165) is 81.1 Å². The Bertz CT molecular complexity index is 1320. The van der Waals surface area contributed by atoms with Crippen molar-refractivity contribution >= 4 is 11.5 Å². The number of anilines is 2. The molecular formula is C31H40FN5O3. The Labute approximate surface area is 235 Å². The topological polar surface area (TPSA) is 86.0 Å². The van der Waals surface area contributed by atoms with Gasteiger partial charge in [0, 0.05) is 49.1 Å². The zero-order chi connectivity index (χ0) is 27.0. The number of aryl methyl sites for hydroxylation is 1. The SMILES string of the molecule is Nc1ccc2c(c1)C1(CCC2)Cc2nc(OCC34CCCN3CC(F)C4)nc(N3CCOCC4(CC4)C3)c2CO1. The third kappa shape index (κ3) is 4.19. The predicted molar refractivity (Wildman–Crippen MR) is 149 cm³/mol. The fourth-order valence-corrected chi connectivity index (χ4v) is 8.22. The second kappa shape index (κ2) is 9.26. The minimum absolute atomic E-state index is 0.231. The van der Waals surface area contributed by atoms with Gasteiger partial charge in [-0.3, -0.25) is 4.90 Å². The van der Waals surface area contributed by atoms with Crippen molar-refractivity contribution in [2.75, 3.05) is 56.6 Å². The highest BCUT2D eigenvalue weighted by Gasteiger charge is 2.50.